The summed E-state index contributed by atoms with van der Waals surface area (Å²) in [4.78, 5) is 24.1. The molecule has 0 radical (unpaired) electrons. The van der Waals surface area contributed by atoms with Gasteiger partial charge in [-0.25, -0.2) is 0 Å². The van der Waals surface area contributed by atoms with Crippen molar-refractivity contribution in [2.45, 2.75) is 168 Å². The first-order chi connectivity index (χ1) is 24.9. The Morgan fingerprint density at radius 2 is 0.909 bits per heavy atom. The third-order valence-corrected chi connectivity index (χ3v) is 18.7. The van der Waals surface area contributed by atoms with Gasteiger partial charge in [-0.15, -0.1) is 0 Å². The topological polar surface area (TPSA) is 207 Å². The number of aliphatic carboxylic acids is 1. The van der Waals surface area contributed by atoms with Crippen molar-refractivity contribution in [2.75, 3.05) is 6.61 Å². The van der Waals surface area contributed by atoms with Crippen LogP contribution < -0.4 is 63.4 Å². The second-order valence-corrected chi connectivity index (χ2v) is 23.6. The summed E-state index contributed by atoms with van der Waals surface area (Å²) in [6.45, 7) is 13.4. The van der Waals surface area contributed by atoms with E-state index in [1.54, 1.807) is 0 Å². The van der Waals surface area contributed by atoms with Crippen LogP contribution in [0.1, 0.15) is 157 Å². The summed E-state index contributed by atoms with van der Waals surface area (Å²) in [6, 6.07) is 0. The Hall–Kier alpha value is 0.590. The minimum Gasteiger partial charge on any atom is -0.481 e. The number of carbonyl (C=O) groups excluding carboxylic acids is 1. The number of carboxylic acids is 1. The van der Waals surface area contributed by atoms with Crippen molar-refractivity contribution in [3.05, 3.63) is 0 Å². The number of carboxylic acid groups (broad SMARTS) is 1. The Labute approximate surface area is 358 Å². The Balaban J connectivity index is 0.000000185. The quantitative estimate of drug-likeness (QED) is 0.176. The molecule has 0 aromatic carbocycles. The van der Waals surface area contributed by atoms with Gasteiger partial charge < -0.3 is 20.4 Å². The Kier molecular flexibility index (Phi) is 14.0. The van der Waals surface area contributed by atoms with E-state index < -0.39 is 37.3 Å². The van der Waals surface area contributed by atoms with Gasteiger partial charge in [0.2, 0.25) is 0 Å². The normalized spacial score (nSPS) is 51.0. The number of aliphatic hydroxyl groups is 3. The molecule has 12 heteroatoms. The molecule has 10 nitrogen and oxygen atoms in total. The smallest absolute Gasteiger partial charge is 0.481 e. The van der Waals surface area contributed by atoms with E-state index in [0.29, 0.717) is 34.5 Å². The fourth-order valence-electron chi connectivity index (χ4n) is 15.9. The number of aliphatic hydroxyl groups excluding tert-OH is 1. The van der Waals surface area contributed by atoms with E-state index in [1.165, 1.54) is 44.9 Å². The predicted octanol–water partition coefficient (Wildman–Crippen LogP) is -2.31. The number of halogens is 1. The van der Waals surface area contributed by atoms with Crippen molar-refractivity contribution in [1.82, 2.24) is 0 Å². The number of hydrogen-bond donors (Lipinski definition) is 4. The molecule has 310 valence electrons. The number of carbonyl (C=O) groups is 2. The van der Waals surface area contributed by atoms with E-state index in [1.807, 2.05) is 13.8 Å². The molecule has 0 saturated heterocycles. The number of ketones is 1. The fourth-order valence-corrected chi connectivity index (χ4v) is 15.9. The van der Waals surface area contributed by atoms with Gasteiger partial charge in [-0.05, 0) is 198 Å². The third-order valence-electron chi connectivity index (χ3n) is 18.7. The number of hydrogen-bond acceptors (Lipinski definition) is 9. The Bertz CT molecular complexity index is 1400. The van der Waals surface area contributed by atoms with Crippen LogP contribution in [0.15, 0.2) is 0 Å². The summed E-state index contributed by atoms with van der Waals surface area (Å²) >= 11 is -5.94. The van der Waals surface area contributed by atoms with Gasteiger partial charge >= 0.3 is 35.5 Å². The molecule has 4 N–H and O–H groups in total. The van der Waals surface area contributed by atoms with Crippen LogP contribution in [0.3, 0.4) is 0 Å². The zero-order valence-electron chi connectivity index (χ0n) is 34.8. The number of fused-ring (bicyclic) bond motifs is 10. The van der Waals surface area contributed by atoms with E-state index in [2.05, 4.69) is 27.7 Å². The molecule has 8 fully saturated rings. The summed E-state index contributed by atoms with van der Waals surface area (Å²) in [5, 5.41) is 40.2. The third kappa shape index (κ3) is 8.85. The minimum absolute atomic E-state index is 0. The molecule has 8 saturated carbocycles. The first-order valence-corrected chi connectivity index (χ1v) is 24.8. The van der Waals surface area contributed by atoms with Crippen LogP contribution in [-0.4, -0.2) is 50.0 Å². The van der Waals surface area contributed by atoms with Gasteiger partial charge in [0.1, 0.15) is 26.7 Å². The summed E-state index contributed by atoms with van der Waals surface area (Å²) < 4.78 is 34.5. The number of rotatable bonds is 3. The van der Waals surface area contributed by atoms with Crippen LogP contribution in [0.25, 0.3) is 0 Å². The average molecular weight is 897 g/mol. The van der Waals surface area contributed by atoms with Gasteiger partial charge in [-0.2, -0.15) is 0 Å². The molecule has 0 bridgehead atoms. The maximum absolute atomic E-state index is 12.3. The van der Waals surface area contributed by atoms with Crippen molar-refractivity contribution in [3.8, 4) is 0 Å². The van der Waals surface area contributed by atoms with Crippen LogP contribution >= 0.6 is 0 Å². The molecule has 8 aliphatic rings. The standard InChI is InChI=1S/C22H36O3.C21H34O3.IO4.Na/c1-20(25)10-11-21(2)14(12-20)4-5-15-16-6-7-18(19(24)13-23)22(16,3)9-8-17(15)21;1-19(24)10-11-20(2)13(12-19)4-5-14-15-6-7-17(18(22)23)21(15,3)9-8-16(14)20;2-1(3,4)5;/h14-18,23,25H,4-13H2,1-3H3;13-17,24H,4-12H2,1-3H3,(H,22,23);;/q;;-1;+1/t14?,15-,16-,17?,18+,20+,21-,22-;13?,14-,15-,16?,17+,19+,20-,21-;;/m00../s1. The zero-order valence-corrected chi connectivity index (χ0v) is 39.0. The van der Waals surface area contributed by atoms with Crippen molar-refractivity contribution >= 4 is 11.8 Å². The molecule has 0 heterocycles. The molecule has 0 aromatic heterocycles. The summed E-state index contributed by atoms with van der Waals surface area (Å²) in [7, 11) is 0. The molecule has 8 aliphatic carbocycles. The van der Waals surface area contributed by atoms with Crippen molar-refractivity contribution in [3.63, 3.8) is 0 Å². The van der Waals surface area contributed by atoms with Crippen molar-refractivity contribution in [2.24, 2.45) is 80.8 Å². The molecular weight excluding hydrogens is 826 g/mol. The molecule has 8 rings (SSSR count). The first-order valence-electron chi connectivity index (χ1n) is 21.3. The van der Waals surface area contributed by atoms with Gasteiger partial charge in [-0.1, -0.05) is 27.7 Å². The molecular formula is C43H70INaO10. The van der Waals surface area contributed by atoms with Crippen LogP contribution in [0.4, 0.5) is 0 Å². The molecule has 0 spiro atoms. The maximum Gasteiger partial charge on any atom is 1.00 e. The van der Waals surface area contributed by atoms with Gasteiger partial charge in [0.25, 0.3) is 0 Å². The average Bonchev–Trinajstić information content (AvgIpc) is 3.61. The maximum atomic E-state index is 12.3. The number of Topliss-reactive ketones (excluding diaryl/α,β-unsaturated/α-hetero) is 1. The van der Waals surface area contributed by atoms with E-state index in [0.717, 1.165) is 94.3 Å². The summed E-state index contributed by atoms with van der Waals surface area (Å²) in [5.74, 6) is 5.05. The molecule has 0 aromatic rings. The summed E-state index contributed by atoms with van der Waals surface area (Å²) in [5.41, 5.74) is -0.0474. The van der Waals surface area contributed by atoms with Crippen molar-refractivity contribution < 1.29 is 93.4 Å². The first kappa shape index (κ1) is 46.7. The van der Waals surface area contributed by atoms with E-state index in [9.17, 15) is 30.0 Å². The van der Waals surface area contributed by atoms with Gasteiger partial charge in [0, 0.05) is 5.92 Å². The van der Waals surface area contributed by atoms with Crippen LogP contribution in [-0.2, 0) is 9.59 Å². The Morgan fingerprint density at radius 3 is 1.29 bits per heavy atom. The Morgan fingerprint density at radius 1 is 0.545 bits per heavy atom. The van der Waals surface area contributed by atoms with Gasteiger partial charge in [-0.3, -0.25) is 23.3 Å². The molecule has 55 heavy (non-hydrogen) atoms. The van der Waals surface area contributed by atoms with E-state index >= 15 is 0 Å². The molecule has 4 unspecified atom stereocenters. The van der Waals surface area contributed by atoms with Gasteiger partial charge in [0.15, 0.2) is 5.78 Å². The van der Waals surface area contributed by atoms with E-state index in [4.69, 9.17) is 13.7 Å². The fraction of sp³-hybridized carbons (Fsp3) is 0.953. The van der Waals surface area contributed by atoms with Crippen LogP contribution in [0.5, 0.6) is 0 Å². The molecule has 0 amide bonds. The SMILES string of the molecule is C[C@@]1(O)CC[C@@]2(C)C(CC[C@@H]3C2CC[C@]2(C)[C@@H](C(=O)CO)CC[C@@H]32)C1.C[C@@]1(O)CC[C@@]2(C)C(CC[C@@H]3C2CC[C@]2(C)[C@@H](C(=O)O)CC[C@@H]32)C1.[Na+].[O-][I+3]([O-])([O-])[O-]. The summed E-state index contributed by atoms with van der Waals surface area (Å²) in [6.07, 6.45) is 20.0. The van der Waals surface area contributed by atoms with Crippen LogP contribution in [0, 0.1) is 80.8 Å². The molecule has 0 aliphatic heterocycles. The predicted molar refractivity (Wildman–Crippen MR) is 191 cm³/mol. The molecule has 16 atom stereocenters. The second-order valence-electron chi connectivity index (χ2n) is 21.4. The largest absolute Gasteiger partial charge is 1.00 e. The monoisotopic (exact) mass is 896 g/mol. The van der Waals surface area contributed by atoms with Gasteiger partial charge in [0.05, 0.1) is 17.1 Å². The van der Waals surface area contributed by atoms with Crippen molar-refractivity contribution in [1.29, 1.82) is 0 Å². The minimum atomic E-state index is -5.94. The van der Waals surface area contributed by atoms with Crippen LogP contribution in [0.2, 0.25) is 0 Å². The van der Waals surface area contributed by atoms with E-state index in [-0.39, 0.29) is 64.6 Å². The zero-order chi connectivity index (χ0) is 39.9. The second kappa shape index (κ2) is 16.5.